The van der Waals surface area contributed by atoms with Crippen molar-refractivity contribution in [2.75, 3.05) is 23.3 Å². The van der Waals surface area contributed by atoms with Gasteiger partial charge in [0.2, 0.25) is 15.9 Å². The van der Waals surface area contributed by atoms with Crippen molar-refractivity contribution in [3.05, 3.63) is 24.3 Å². The smallest absolute Gasteiger partial charge is 0.224 e. The van der Waals surface area contributed by atoms with Crippen molar-refractivity contribution in [2.24, 2.45) is 0 Å². The average Bonchev–Trinajstić information content (AvgIpc) is 2.65. The molecule has 0 saturated carbocycles. The molecule has 0 spiro atoms. The van der Waals surface area contributed by atoms with Crippen LogP contribution in [0.15, 0.2) is 24.3 Å². The highest BCUT2D eigenvalue weighted by molar-refractivity contribution is 7.90. The first-order valence-corrected chi connectivity index (χ1v) is 11.9. The topological polar surface area (TPSA) is 87.7 Å². The number of ether oxygens (including phenoxy) is 1. The first kappa shape index (κ1) is 23.6. The summed E-state index contributed by atoms with van der Waals surface area (Å²) in [6.45, 7) is 10.8. The molecule has 3 atom stereocenters. The second-order valence-electron chi connectivity index (χ2n) is 8.09. The number of rotatable bonds is 9. The number of sulfonamides is 1. The van der Waals surface area contributed by atoms with E-state index in [-0.39, 0.29) is 18.1 Å². The summed E-state index contributed by atoms with van der Waals surface area (Å²) in [5, 5.41) is 2.46. The van der Waals surface area contributed by atoms with Crippen LogP contribution in [-0.2, 0) is 19.6 Å². The summed E-state index contributed by atoms with van der Waals surface area (Å²) in [6.07, 6.45) is 1.98. The lowest BCUT2D eigenvalue weighted by atomic mass is 10.1. The quantitative estimate of drug-likeness (QED) is 0.594. The molecule has 3 unspecified atom stereocenters. The van der Waals surface area contributed by atoms with Gasteiger partial charge in [0.25, 0.3) is 0 Å². The maximum atomic E-state index is 12.1. The number of hydrogen-bond donors (Lipinski definition) is 2. The molecule has 1 aromatic rings. The Hall–Kier alpha value is -1.64. The molecular formula is C21H35N3O4S. The zero-order valence-electron chi connectivity index (χ0n) is 18.1. The first-order chi connectivity index (χ1) is 13.6. The van der Waals surface area contributed by atoms with E-state index in [0.29, 0.717) is 31.8 Å². The molecule has 1 aromatic carbocycles. The molecule has 2 N–H and O–H groups in total. The molecule has 1 fully saturated rings. The van der Waals surface area contributed by atoms with Crippen LogP contribution in [-0.4, -0.2) is 50.9 Å². The number of carbonyl (C=O) groups excluding carboxylic acids is 1. The number of anilines is 2. The third-order valence-electron chi connectivity index (χ3n) is 5.31. The lowest BCUT2D eigenvalue weighted by Crippen LogP contribution is -2.52. The van der Waals surface area contributed by atoms with Gasteiger partial charge in [0, 0.05) is 30.9 Å². The molecule has 0 radical (unpaired) electrons. The van der Waals surface area contributed by atoms with Crippen LogP contribution in [0.5, 0.6) is 0 Å². The number of benzene rings is 1. The predicted octanol–water partition coefficient (Wildman–Crippen LogP) is 3.13. The molecular weight excluding hydrogens is 390 g/mol. The highest BCUT2D eigenvalue weighted by Gasteiger charge is 2.29. The van der Waals surface area contributed by atoms with Crippen LogP contribution in [0.3, 0.4) is 0 Å². The fourth-order valence-corrected chi connectivity index (χ4v) is 4.07. The van der Waals surface area contributed by atoms with Gasteiger partial charge in [-0.25, -0.2) is 13.1 Å². The Bertz CT molecular complexity index is 765. The van der Waals surface area contributed by atoms with Crippen LogP contribution in [0, 0.1) is 0 Å². The Morgan fingerprint density at radius 1 is 1.17 bits per heavy atom. The Kier molecular flexibility index (Phi) is 8.48. The van der Waals surface area contributed by atoms with Crippen molar-refractivity contribution in [2.45, 2.75) is 77.4 Å². The fourth-order valence-electron chi connectivity index (χ4n) is 3.31. The Balaban J connectivity index is 1.77. The highest BCUT2D eigenvalue weighted by atomic mass is 32.2. The standard InChI is InChI=1S/C21H35N3O4S/c1-15(2)29(26,27)22-13-7-6-8-21(25)23-19-9-11-20(12-10-19)24-14-16(3)28-18(5)17(24)4/h9-12,15-18,22H,6-8,13-14H2,1-5H3,(H,23,25). The zero-order chi connectivity index (χ0) is 21.6. The second-order valence-corrected chi connectivity index (χ2v) is 10.4. The van der Waals surface area contributed by atoms with Crippen LogP contribution in [0.1, 0.15) is 53.9 Å². The number of carbonyl (C=O) groups is 1. The molecule has 1 aliphatic rings. The van der Waals surface area contributed by atoms with Gasteiger partial charge in [-0.2, -0.15) is 0 Å². The molecule has 1 heterocycles. The van der Waals surface area contributed by atoms with E-state index in [0.717, 1.165) is 17.9 Å². The lowest BCUT2D eigenvalue weighted by Gasteiger charge is -2.42. The van der Waals surface area contributed by atoms with Crippen LogP contribution in [0.4, 0.5) is 11.4 Å². The molecule has 7 nitrogen and oxygen atoms in total. The highest BCUT2D eigenvalue weighted by Crippen LogP contribution is 2.26. The maximum Gasteiger partial charge on any atom is 0.224 e. The summed E-state index contributed by atoms with van der Waals surface area (Å²) in [6, 6.07) is 8.18. The molecule has 164 valence electrons. The van der Waals surface area contributed by atoms with E-state index in [1.165, 1.54) is 0 Å². The minimum Gasteiger partial charge on any atom is -0.372 e. The monoisotopic (exact) mass is 425 g/mol. The largest absolute Gasteiger partial charge is 0.372 e. The SMILES string of the molecule is CC1CN(c2ccc(NC(=O)CCCCNS(=O)(=O)C(C)C)cc2)C(C)C(C)O1. The van der Waals surface area contributed by atoms with Crippen molar-refractivity contribution in [3.8, 4) is 0 Å². The molecule has 0 aliphatic carbocycles. The number of morpholine rings is 1. The van der Waals surface area contributed by atoms with E-state index in [9.17, 15) is 13.2 Å². The van der Waals surface area contributed by atoms with Gasteiger partial charge < -0.3 is 15.0 Å². The normalized spacial score (nSPS) is 22.7. The lowest BCUT2D eigenvalue weighted by molar-refractivity contribution is -0.116. The number of amides is 1. The van der Waals surface area contributed by atoms with Gasteiger partial charge in [-0.05, 0) is 71.7 Å². The number of unbranched alkanes of at least 4 members (excludes halogenated alkanes) is 1. The summed E-state index contributed by atoms with van der Waals surface area (Å²) < 4.78 is 31.8. The molecule has 1 aliphatic heterocycles. The molecule has 1 saturated heterocycles. The predicted molar refractivity (Wildman–Crippen MR) is 118 cm³/mol. The van der Waals surface area contributed by atoms with Crippen molar-refractivity contribution in [1.29, 1.82) is 0 Å². The number of nitrogens with zero attached hydrogens (tertiary/aromatic N) is 1. The van der Waals surface area contributed by atoms with Crippen LogP contribution >= 0.6 is 0 Å². The minimum atomic E-state index is -3.23. The molecule has 0 bridgehead atoms. The summed E-state index contributed by atoms with van der Waals surface area (Å²) in [5.74, 6) is -0.0635. The van der Waals surface area contributed by atoms with Crippen LogP contribution < -0.4 is 14.9 Å². The van der Waals surface area contributed by atoms with Gasteiger partial charge in [0.15, 0.2) is 0 Å². The second kappa shape index (κ2) is 10.4. The Morgan fingerprint density at radius 2 is 1.83 bits per heavy atom. The molecule has 29 heavy (non-hydrogen) atoms. The summed E-state index contributed by atoms with van der Waals surface area (Å²) in [7, 11) is -3.23. The van der Waals surface area contributed by atoms with Crippen LogP contribution in [0.25, 0.3) is 0 Å². The van der Waals surface area contributed by atoms with Crippen molar-refractivity contribution in [1.82, 2.24) is 4.72 Å². The summed E-state index contributed by atoms with van der Waals surface area (Å²) in [4.78, 5) is 14.5. The molecule has 8 heteroatoms. The van der Waals surface area contributed by atoms with E-state index >= 15 is 0 Å². The molecule has 2 rings (SSSR count). The van der Waals surface area contributed by atoms with Gasteiger partial charge in [0.05, 0.1) is 23.5 Å². The number of nitrogens with one attached hydrogen (secondary N) is 2. The number of hydrogen-bond acceptors (Lipinski definition) is 5. The van der Waals surface area contributed by atoms with E-state index in [2.05, 4.69) is 35.7 Å². The third kappa shape index (κ3) is 6.97. The fraction of sp³-hybridized carbons (Fsp3) is 0.667. The summed E-state index contributed by atoms with van der Waals surface area (Å²) >= 11 is 0. The van der Waals surface area contributed by atoms with Gasteiger partial charge in [-0.3, -0.25) is 4.79 Å². The van der Waals surface area contributed by atoms with Gasteiger partial charge in [-0.1, -0.05) is 0 Å². The van der Waals surface area contributed by atoms with Crippen molar-refractivity contribution in [3.63, 3.8) is 0 Å². The average molecular weight is 426 g/mol. The van der Waals surface area contributed by atoms with E-state index in [1.807, 2.05) is 24.3 Å². The Morgan fingerprint density at radius 3 is 2.45 bits per heavy atom. The first-order valence-electron chi connectivity index (χ1n) is 10.4. The molecule has 0 aromatic heterocycles. The van der Waals surface area contributed by atoms with E-state index < -0.39 is 15.3 Å². The Labute approximate surface area is 175 Å². The van der Waals surface area contributed by atoms with Gasteiger partial charge in [-0.15, -0.1) is 0 Å². The van der Waals surface area contributed by atoms with Crippen LogP contribution in [0.2, 0.25) is 0 Å². The van der Waals surface area contributed by atoms with E-state index in [1.54, 1.807) is 13.8 Å². The van der Waals surface area contributed by atoms with Crippen molar-refractivity contribution < 1.29 is 17.9 Å². The zero-order valence-corrected chi connectivity index (χ0v) is 19.0. The van der Waals surface area contributed by atoms with Gasteiger partial charge in [0.1, 0.15) is 0 Å². The van der Waals surface area contributed by atoms with E-state index in [4.69, 9.17) is 4.74 Å². The minimum absolute atomic E-state index is 0.0635. The molecule has 1 amide bonds. The van der Waals surface area contributed by atoms with Crippen molar-refractivity contribution >= 4 is 27.3 Å². The third-order valence-corrected chi connectivity index (χ3v) is 7.16. The summed E-state index contributed by atoms with van der Waals surface area (Å²) in [5.41, 5.74) is 1.89. The maximum absolute atomic E-state index is 12.1. The van der Waals surface area contributed by atoms with Gasteiger partial charge >= 0.3 is 0 Å².